The number of nitrogens with one attached hydrogen (secondary N) is 1. The van der Waals surface area contributed by atoms with Gasteiger partial charge in [0.25, 0.3) is 0 Å². The highest BCUT2D eigenvalue weighted by atomic mass is 16.1. The van der Waals surface area contributed by atoms with E-state index in [0.717, 1.165) is 25.9 Å². The molecule has 0 unspecified atom stereocenters. The fourth-order valence-electron chi connectivity index (χ4n) is 2.64. The Kier molecular flexibility index (Phi) is 8.05. The fourth-order valence-corrected chi connectivity index (χ4v) is 2.64. The summed E-state index contributed by atoms with van der Waals surface area (Å²) in [5.74, 6) is 0.689. The smallest absolute Gasteiger partial charge is 0.240 e. The Balaban J connectivity index is 2.36. The van der Waals surface area contributed by atoms with Crippen LogP contribution in [0.5, 0.6) is 0 Å². The van der Waals surface area contributed by atoms with Crippen LogP contribution in [-0.4, -0.2) is 46.0 Å². The summed E-state index contributed by atoms with van der Waals surface area (Å²) in [7, 11) is 0. The molecule has 0 aliphatic heterocycles. The Labute approximate surface area is 128 Å². The number of rotatable bonds is 10. The van der Waals surface area contributed by atoms with Gasteiger partial charge < -0.3 is 9.88 Å². The van der Waals surface area contributed by atoms with Crippen molar-refractivity contribution in [2.45, 2.75) is 53.1 Å². The lowest BCUT2D eigenvalue weighted by Crippen LogP contribution is -2.42. The van der Waals surface area contributed by atoms with Gasteiger partial charge in [-0.15, -0.1) is 0 Å². The predicted octanol–water partition coefficient (Wildman–Crippen LogP) is 2.15. The minimum atomic E-state index is 0.0436. The van der Waals surface area contributed by atoms with Crippen molar-refractivity contribution in [1.29, 1.82) is 0 Å². The van der Waals surface area contributed by atoms with E-state index in [1.54, 1.807) is 23.3 Å². The van der Waals surface area contributed by atoms with Gasteiger partial charge in [0, 0.05) is 38.1 Å². The van der Waals surface area contributed by atoms with E-state index in [1.807, 2.05) is 0 Å². The number of aromatic nitrogens is 2. The largest absolute Gasteiger partial charge is 0.353 e. The van der Waals surface area contributed by atoms with E-state index in [2.05, 4.69) is 42.9 Å². The first-order valence-electron chi connectivity index (χ1n) is 8.03. The number of carbonyl (C=O) groups is 1. The van der Waals surface area contributed by atoms with Crippen LogP contribution in [0.25, 0.3) is 0 Å². The SMILES string of the molecule is CCC(CC)N(CCNC(=O)Cn1ccnc1)CC(C)C. The molecule has 0 atom stereocenters. The molecule has 0 radical (unpaired) electrons. The van der Waals surface area contributed by atoms with Crippen LogP contribution in [0.15, 0.2) is 18.7 Å². The van der Waals surface area contributed by atoms with E-state index in [4.69, 9.17) is 0 Å². The summed E-state index contributed by atoms with van der Waals surface area (Å²) in [5, 5.41) is 3.00. The van der Waals surface area contributed by atoms with Gasteiger partial charge in [-0.05, 0) is 18.8 Å². The minimum absolute atomic E-state index is 0.0436. The zero-order chi connectivity index (χ0) is 15.7. The van der Waals surface area contributed by atoms with E-state index < -0.39 is 0 Å². The topological polar surface area (TPSA) is 50.2 Å². The first kappa shape index (κ1) is 17.7. The Morgan fingerprint density at radius 2 is 2.05 bits per heavy atom. The zero-order valence-corrected chi connectivity index (χ0v) is 13.9. The Hall–Kier alpha value is -1.36. The van der Waals surface area contributed by atoms with Crippen LogP contribution in [0.3, 0.4) is 0 Å². The summed E-state index contributed by atoms with van der Waals surface area (Å²) in [5.41, 5.74) is 0. The van der Waals surface area contributed by atoms with E-state index in [1.165, 1.54) is 0 Å². The first-order valence-corrected chi connectivity index (χ1v) is 8.03. The fraction of sp³-hybridized carbons (Fsp3) is 0.750. The Morgan fingerprint density at radius 1 is 1.33 bits per heavy atom. The molecule has 5 nitrogen and oxygen atoms in total. The van der Waals surface area contributed by atoms with Crippen LogP contribution in [0.1, 0.15) is 40.5 Å². The lowest BCUT2D eigenvalue weighted by Gasteiger charge is -2.32. The molecule has 1 heterocycles. The second-order valence-electron chi connectivity index (χ2n) is 5.94. The Bertz CT molecular complexity index is 385. The number of imidazole rings is 1. The summed E-state index contributed by atoms with van der Waals surface area (Å²) >= 11 is 0. The third kappa shape index (κ3) is 6.76. The molecule has 0 aliphatic carbocycles. The van der Waals surface area contributed by atoms with Gasteiger partial charge in [-0.1, -0.05) is 27.7 Å². The summed E-state index contributed by atoms with van der Waals surface area (Å²) < 4.78 is 1.78. The maximum absolute atomic E-state index is 11.8. The third-order valence-corrected chi connectivity index (χ3v) is 3.67. The van der Waals surface area contributed by atoms with Gasteiger partial charge in [-0.25, -0.2) is 4.98 Å². The molecule has 0 bridgehead atoms. The van der Waals surface area contributed by atoms with Crippen LogP contribution >= 0.6 is 0 Å². The molecule has 120 valence electrons. The highest BCUT2D eigenvalue weighted by Gasteiger charge is 2.16. The van der Waals surface area contributed by atoms with Crippen LogP contribution < -0.4 is 5.32 Å². The molecule has 1 aromatic rings. The van der Waals surface area contributed by atoms with Gasteiger partial charge in [-0.2, -0.15) is 0 Å². The highest BCUT2D eigenvalue weighted by molar-refractivity contribution is 5.75. The normalized spacial score (nSPS) is 11.6. The van der Waals surface area contributed by atoms with Crippen molar-refractivity contribution < 1.29 is 4.79 Å². The van der Waals surface area contributed by atoms with Crippen molar-refractivity contribution in [3.05, 3.63) is 18.7 Å². The van der Waals surface area contributed by atoms with E-state index >= 15 is 0 Å². The molecular formula is C16H30N4O. The molecule has 1 amide bonds. The van der Waals surface area contributed by atoms with E-state index in [0.29, 0.717) is 25.0 Å². The number of carbonyl (C=O) groups excluding carboxylic acids is 1. The molecular weight excluding hydrogens is 264 g/mol. The monoisotopic (exact) mass is 294 g/mol. The van der Waals surface area contributed by atoms with Gasteiger partial charge in [0.15, 0.2) is 0 Å². The molecule has 1 aromatic heterocycles. The average Bonchev–Trinajstić information content (AvgIpc) is 2.92. The molecule has 1 N–H and O–H groups in total. The lowest BCUT2D eigenvalue weighted by molar-refractivity contribution is -0.121. The van der Waals surface area contributed by atoms with Gasteiger partial charge >= 0.3 is 0 Å². The van der Waals surface area contributed by atoms with Crippen LogP contribution in [-0.2, 0) is 11.3 Å². The maximum atomic E-state index is 11.8. The van der Waals surface area contributed by atoms with Crippen molar-refractivity contribution in [2.24, 2.45) is 5.92 Å². The third-order valence-electron chi connectivity index (χ3n) is 3.67. The van der Waals surface area contributed by atoms with E-state index in [9.17, 15) is 4.79 Å². The number of nitrogens with zero attached hydrogens (tertiary/aromatic N) is 3. The van der Waals surface area contributed by atoms with Crippen molar-refractivity contribution in [1.82, 2.24) is 19.8 Å². The summed E-state index contributed by atoms with van der Waals surface area (Å²) in [6.07, 6.45) is 7.47. The molecule has 0 spiro atoms. The number of hydrogen-bond acceptors (Lipinski definition) is 3. The number of amides is 1. The summed E-state index contributed by atoms with van der Waals surface area (Å²) in [4.78, 5) is 18.3. The second-order valence-corrected chi connectivity index (χ2v) is 5.94. The van der Waals surface area contributed by atoms with Crippen LogP contribution in [0, 0.1) is 5.92 Å². The van der Waals surface area contributed by atoms with E-state index in [-0.39, 0.29) is 5.91 Å². The minimum Gasteiger partial charge on any atom is -0.353 e. The van der Waals surface area contributed by atoms with Gasteiger partial charge in [0.2, 0.25) is 5.91 Å². The van der Waals surface area contributed by atoms with Crippen molar-refractivity contribution >= 4 is 5.91 Å². The van der Waals surface area contributed by atoms with Crippen molar-refractivity contribution in [3.8, 4) is 0 Å². The van der Waals surface area contributed by atoms with Crippen molar-refractivity contribution in [2.75, 3.05) is 19.6 Å². The number of hydrogen-bond donors (Lipinski definition) is 1. The molecule has 0 saturated heterocycles. The lowest BCUT2D eigenvalue weighted by atomic mass is 10.1. The highest BCUT2D eigenvalue weighted by Crippen LogP contribution is 2.10. The van der Waals surface area contributed by atoms with Gasteiger partial charge in [-0.3, -0.25) is 9.69 Å². The molecule has 5 heteroatoms. The molecule has 1 rings (SSSR count). The molecule has 0 fully saturated rings. The van der Waals surface area contributed by atoms with Crippen molar-refractivity contribution in [3.63, 3.8) is 0 Å². The van der Waals surface area contributed by atoms with Crippen LogP contribution in [0.4, 0.5) is 0 Å². The summed E-state index contributed by atoms with van der Waals surface area (Å²) in [6, 6.07) is 0.609. The average molecular weight is 294 g/mol. The Morgan fingerprint density at radius 3 is 2.57 bits per heavy atom. The second kappa shape index (κ2) is 9.55. The molecule has 0 aromatic carbocycles. The predicted molar refractivity (Wildman–Crippen MR) is 86.0 cm³/mol. The molecule has 0 saturated carbocycles. The zero-order valence-electron chi connectivity index (χ0n) is 13.9. The van der Waals surface area contributed by atoms with Gasteiger partial charge in [0.1, 0.15) is 6.54 Å². The quantitative estimate of drug-likeness (QED) is 0.719. The standard InChI is InChI=1S/C16H30N4O/c1-5-15(6-2)20(11-14(3)4)10-8-18-16(21)12-19-9-7-17-13-19/h7,9,13-15H,5-6,8,10-12H2,1-4H3,(H,18,21). The first-order chi connectivity index (χ1) is 10.1. The van der Waals surface area contributed by atoms with Crippen LogP contribution in [0.2, 0.25) is 0 Å². The molecule has 21 heavy (non-hydrogen) atoms. The summed E-state index contributed by atoms with van der Waals surface area (Å²) in [6.45, 7) is 12.0. The van der Waals surface area contributed by atoms with Gasteiger partial charge in [0.05, 0.1) is 6.33 Å². The molecule has 0 aliphatic rings. The maximum Gasteiger partial charge on any atom is 0.240 e.